The van der Waals surface area contributed by atoms with Crippen LogP contribution in [0.5, 0.6) is 0 Å². The van der Waals surface area contributed by atoms with E-state index in [1.165, 1.54) is 0 Å². The second-order valence-electron chi connectivity index (χ2n) is 3.07. The fraction of sp³-hybridized carbons (Fsp3) is 0.300. The lowest BCUT2D eigenvalue weighted by atomic mass is 10.2. The van der Waals surface area contributed by atoms with Crippen molar-refractivity contribution in [3.05, 3.63) is 22.3 Å². The molecule has 1 aromatic heterocycles. The highest BCUT2D eigenvalue weighted by molar-refractivity contribution is 9.10. The molecule has 0 saturated carbocycles. The second-order valence-corrected chi connectivity index (χ2v) is 3.93. The van der Waals surface area contributed by atoms with Gasteiger partial charge in [0.2, 0.25) is 0 Å². The number of pyridine rings is 1. The number of hydrogen-bond donors (Lipinski definition) is 2. The second kappa shape index (κ2) is 4.99. The lowest BCUT2D eigenvalue weighted by Gasteiger charge is -1.97. The average Bonchev–Trinajstić information content (AvgIpc) is 2.08. The molecule has 1 rings (SSSR count). The molecule has 74 valence electrons. The van der Waals surface area contributed by atoms with E-state index >= 15 is 0 Å². The third-order valence-corrected chi connectivity index (χ3v) is 2.18. The molecular formula is C10H12BrN3. The maximum absolute atomic E-state index is 5.57. The van der Waals surface area contributed by atoms with E-state index in [2.05, 4.69) is 32.8 Å². The zero-order valence-electron chi connectivity index (χ0n) is 7.92. The molecule has 0 unspecified atom stereocenters. The Bertz CT molecular complexity index is 377. The van der Waals surface area contributed by atoms with E-state index in [0.717, 1.165) is 10.0 Å². The monoisotopic (exact) mass is 253 g/mol. The maximum Gasteiger partial charge on any atom is 0.124 e. The summed E-state index contributed by atoms with van der Waals surface area (Å²) in [7, 11) is 0. The Balaban J connectivity index is 2.80. The van der Waals surface area contributed by atoms with E-state index in [4.69, 9.17) is 11.5 Å². The van der Waals surface area contributed by atoms with Crippen LogP contribution in [0.2, 0.25) is 0 Å². The van der Waals surface area contributed by atoms with Gasteiger partial charge in [0.25, 0.3) is 0 Å². The summed E-state index contributed by atoms with van der Waals surface area (Å²) in [5.41, 5.74) is 11.9. The summed E-state index contributed by atoms with van der Waals surface area (Å²) in [4.78, 5) is 3.95. The first-order valence-electron chi connectivity index (χ1n) is 4.25. The molecule has 3 nitrogen and oxygen atoms in total. The normalized spacial score (nSPS) is 11.6. The van der Waals surface area contributed by atoms with Crippen LogP contribution in [0, 0.1) is 11.8 Å². The Labute approximate surface area is 92.0 Å². The van der Waals surface area contributed by atoms with Crippen LogP contribution in [0.1, 0.15) is 18.9 Å². The molecule has 4 N–H and O–H groups in total. The summed E-state index contributed by atoms with van der Waals surface area (Å²) < 4.78 is 0.863. The molecule has 0 aliphatic rings. The molecule has 14 heavy (non-hydrogen) atoms. The van der Waals surface area contributed by atoms with Crippen LogP contribution in [-0.2, 0) is 0 Å². The first-order chi connectivity index (χ1) is 6.59. The van der Waals surface area contributed by atoms with Gasteiger partial charge in [0.1, 0.15) is 5.82 Å². The van der Waals surface area contributed by atoms with Gasteiger partial charge in [-0.1, -0.05) is 11.8 Å². The largest absolute Gasteiger partial charge is 0.384 e. The van der Waals surface area contributed by atoms with Crippen molar-refractivity contribution in [1.29, 1.82) is 0 Å². The molecule has 0 bridgehead atoms. The number of anilines is 1. The number of nitrogens with zero attached hydrogens (tertiary/aromatic N) is 1. The van der Waals surface area contributed by atoms with Crippen LogP contribution < -0.4 is 11.5 Å². The lowest BCUT2D eigenvalue weighted by molar-refractivity contribution is 0.771. The fourth-order valence-corrected chi connectivity index (χ4v) is 1.28. The zero-order valence-corrected chi connectivity index (χ0v) is 9.51. The van der Waals surface area contributed by atoms with Crippen molar-refractivity contribution in [1.82, 2.24) is 4.98 Å². The van der Waals surface area contributed by atoms with Crippen molar-refractivity contribution in [2.75, 3.05) is 5.73 Å². The highest BCUT2D eigenvalue weighted by Crippen LogP contribution is 2.16. The third-order valence-electron chi connectivity index (χ3n) is 1.52. The first-order valence-corrected chi connectivity index (χ1v) is 5.04. The summed E-state index contributed by atoms with van der Waals surface area (Å²) >= 11 is 3.36. The van der Waals surface area contributed by atoms with E-state index < -0.39 is 0 Å². The van der Waals surface area contributed by atoms with Crippen LogP contribution in [-0.4, -0.2) is 11.0 Å². The highest BCUT2D eigenvalue weighted by Gasteiger charge is 1.97. The summed E-state index contributed by atoms with van der Waals surface area (Å²) in [5.74, 6) is 6.43. The lowest BCUT2D eigenvalue weighted by Crippen LogP contribution is -2.12. The number of nitrogens with two attached hydrogens (primary N) is 2. The van der Waals surface area contributed by atoms with Crippen LogP contribution in [0.3, 0.4) is 0 Å². The molecule has 1 heterocycles. The summed E-state index contributed by atoms with van der Waals surface area (Å²) in [6.07, 6.45) is 2.32. The average molecular weight is 254 g/mol. The summed E-state index contributed by atoms with van der Waals surface area (Å²) in [6.45, 7) is 1.92. The van der Waals surface area contributed by atoms with Crippen LogP contribution in [0.25, 0.3) is 0 Å². The maximum atomic E-state index is 5.57. The number of rotatable bonds is 1. The number of halogens is 1. The third kappa shape index (κ3) is 3.36. The van der Waals surface area contributed by atoms with Gasteiger partial charge in [-0.15, -0.1) is 0 Å². The van der Waals surface area contributed by atoms with Crippen LogP contribution in [0.15, 0.2) is 16.7 Å². The van der Waals surface area contributed by atoms with E-state index in [1.54, 1.807) is 12.3 Å². The Kier molecular flexibility index (Phi) is 3.93. The van der Waals surface area contributed by atoms with Gasteiger partial charge in [0.05, 0.1) is 5.56 Å². The SMILES string of the molecule is C[C@H](N)CC#Cc1cnc(N)cc1Br. The minimum Gasteiger partial charge on any atom is -0.384 e. The van der Waals surface area contributed by atoms with Gasteiger partial charge in [0.15, 0.2) is 0 Å². The van der Waals surface area contributed by atoms with Gasteiger partial charge in [-0.2, -0.15) is 0 Å². The van der Waals surface area contributed by atoms with Crippen molar-refractivity contribution in [3.8, 4) is 11.8 Å². The van der Waals surface area contributed by atoms with Crippen molar-refractivity contribution in [2.45, 2.75) is 19.4 Å². The molecule has 4 heteroatoms. The molecule has 1 atom stereocenters. The van der Waals surface area contributed by atoms with Crippen molar-refractivity contribution in [3.63, 3.8) is 0 Å². The van der Waals surface area contributed by atoms with E-state index in [-0.39, 0.29) is 6.04 Å². The Morgan fingerprint density at radius 1 is 1.64 bits per heavy atom. The Morgan fingerprint density at radius 2 is 2.36 bits per heavy atom. The van der Waals surface area contributed by atoms with Gasteiger partial charge in [-0.05, 0) is 28.9 Å². The van der Waals surface area contributed by atoms with Crippen molar-refractivity contribution in [2.24, 2.45) is 5.73 Å². The van der Waals surface area contributed by atoms with Gasteiger partial charge < -0.3 is 11.5 Å². The molecule has 0 fully saturated rings. The van der Waals surface area contributed by atoms with Crippen molar-refractivity contribution >= 4 is 21.7 Å². The topological polar surface area (TPSA) is 64.9 Å². The Morgan fingerprint density at radius 3 is 2.93 bits per heavy atom. The summed E-state index contributed by atoms with van der Waals surface area (Å²) in [6, 6.07) is 1.83. The smallest absolute Gasteiger partial charge is 0.124 e. The number of hydrogen-bond acceptors (Lipinski definition) is 3. The van der Waals surface area contributed by atoms with Gasteiger partial charge in [0, 0.05) is 23.1 Å². The van der Waals surface area contributed by atoms with E-state index in [1.807, 2.05) is 6.92 Å². The fourth-order valence-electron chi connectivity index (χ4n) is 0.845. The van der Waals surface area contributed by atoms with Crippen molar-refractivity contribution < 1.29 is 0 Å². The standard InChI is InChI=1S/C10H12BrN3/c1-7(12)3-2-4-8-6-14-10(13)5-9(8)11/h5-7H,3,12H2,1H3,(H2,13,14)/t7-/m0/s1. The molecular weight excluding hydrogens is 242 g/mol. The van der Waals surface area contributed by atoms with Crippen LogP contribution in [0.4, 0.5) is 5.82 Å². The van der Waals surface area contributed by atoms with Gasteiger partial charge >= 0.3 is 0 Å². The Hall–Kier alpha value is -1.05. The predicted molar refractivity (Wildman–Crippen MR) is 61.5 cm³/mol. The summed E-state index contributed by atoms with van der Waals surface area (Å²) in [5, 5.41) is 0. The van der Waals surface area contributed by atoms with Gasteiger partial charge in [-0.25, -0.2) is 4.98 Å². The highest BCUT2D eigenvalue weighted by atomic mass is 79.9. The van der Waals surface area contributed by atoms with Crippen LogP contribution >= 0.6 is 15.9 Å². The molecule has 0 amide bonds. The molecule has 0 aromatic carbocycles. The zero-order chi connectivity index (χ0) is 10.6. The quantitative estimate of drug-likeness (QED) is 0.746. The first kappa shape index (κ1) is 11.0. The molecule has 0 radical (unpaired) electrons. The minimum atomic E-state index is 0.100. The molecule has 0 aliphatic heterocycles. The molecule has 0 saturated heterocycles. The number of aromatic nitrogens is 1. The molecule has 0 spiro atoms. The molecule has 0 aliphatic carbocycles. The number of nitrogen functional groups attached to an aromatic ring is 1. The van der Waals surface area contributed by atoms with E-state index in [9.17, 15) is 0 Å². The minimum absolute atomic E-state index is 0.100. The van der Waals surface area contributed by atoms with E-state index in [0.29, 0.717) is 12.2 Å². The molecule has 1 aromatic rings. The predicted octanol–water partition coefficient (Wildman–Crippen LogP) is 1.52. The van der Waals surface area contributed by atoms with Gasteiger partial charge in [-0.3, -0.25) is 0 Å².